The highest BCUT2D eigenvalue weighted by atomic mass is 32.2. The van der Waals surface area contributed by atoms with Crippen molar-refractivity contribution in [1.29, 1.82) is 10.8 Å². The number of aliphatic hydroxyl groups is 2. The lowest BCUT2D eigenvalue weighted by Gasteiger charge is -2.13. The quantitative estimate of drug-likeness (QED) is 0.0562. The maximum absolute atomic E-state index is 12.3. The molecule has 0 aromatic heterocycles. The van der Waals surface area contributed by atoms with Crippen molar-refractivity contribution in [1.82, 2.24) is 5.32 Å². The molecule has 0 saturated heterocycles. The minimum absolute atomic E-state index is 0.0237. The Labute approximate surface area is 264 Å². The predicted molar refractivity (Wildman–Crippen MR) is 176 cm³/mol. The Morgan fingerprint density at radius 2 is 1.88 bits per heavy atom. The number of carbonyl (C=O) groups excluding carboxylic acids is 2. The summed E-state index contributed by atoms with van der Waals surface area (Å²) in [6.07, 6.45) is 6.45. The molecule has 2 amide bonds. The molecule has 1 aromatic rings. The molecule has 9 N–H and O–H groups in total. The average molecular weight is 653 g/mol. The number of carbonyl (C=O) groups is 2. The lowest BCUT2D eigenvalue weighted by atomic mass is 10.0. The number of nitrogens with two attached hydrogens (primary N) is 2. The summed E-state index contributed by atoms with van der Waals surface area (Å²) in [5.41, 5.74) is 13.6. The molecule has 1 atom stereocenters. The first-order valence-corrected chi connectivity index (χ1v) is 16.5. The minimum atomic E-state index is -0.381. The van der Waals surface area contributed by atoms with E-state index in [2.05, 4.69) is 10.3 Å². The van der Waals surface area contributed by atoms with Gasteiger partial charge in [-0.25, -0.2) is 0 Å². The molecule has 12 nitrogen and oxygen atoms in total. The van der Waals surface area contributed by atoms with Crippen LogP contribution in [0.25, 0.3) is 0 Å². The van der Waals surface area contributed by atoms with E-state index in [4.69, 9.17) is 42.0 Å². The third-order valence-electron chi connectivity index (χ3n) is 5.52. The van der Waals surface area contributed by atoms with Crippen molar-refractivity contribution in [3.63, 3.8) is 0 Å². The van der Waals surface area contributed by atoms with Crippen molar-refractivity contribution in [3.8, 4) is 5.75 Å². The highest BCUT2D eigenvalue weighted by Crippen LogP contribution is 2.22. The molecule has 0 radical (unpaired) electrons. The first-order chi connectivity index (χ1) is 20.7. The molecule has 1 aromatic carbocycles. The van der Waals surface area contributed by atoms with E-state index in [9.17, 15) is 9.59 Å². The first-order valence-electron chi connectivity index (χ1n) is 13.6. The molecule has 0 bridgehead atoms. The molecule has 236 valence electrons. The van der Waals surface area contributed by atoms with Gasteiger partial charge in [-0.3, -0.25) is 20.4 Å². The Balaban J connectivity index is 1.59. The van der Waals surface area contributed by atoms with Crippen molar-refractivity contribution >= 4 is 62.5 Å². The van der Waals surface area contributed by atoms with Crippen LogP contribution in [0.4, 0.5) is 0 Å². The van der Waals surface area contributed by atoms with Crippen molar-refractivity contribution in [2.24, 2.45) is 16.5 Å². The molecule has 1 aliphatic rings. The van der Waals surface area contributed by atoms with Crippen LogP contribution in [0.5, 0.6) is 5.75 Å². The van der Waals surface area contributed by atoms with Gasteiger partial charge in [-0.2, -0.15) is 16.8 Å². The van der Waals surface area contributed by atoms with Crippen molar-refractivity contribution < 1.29 is 29.3 Å². The highest BCUT2D eigenvalue weighted by molar-refractivity contribution is 8.26. The number of nitrogens with one attached hydrogen (secondary N) is 3. The van der Waals surface area contributed by atoms with Gasteiger partial charge in [-0.1, -0.05) is 29.5 Å². The van der Waals surface area contributed by atoms with Crippen LogP contribution in [0, 0.1) is 10.8 Å². The molecule has 15 heteroatoms. The largest absolute Gasteiger partial charge is 0.492 e. The minimum Gasteiger partial charge on any atom is -0.492 e. The summed E-state index contributed by atoms with van der Waals surface area (Å²) in [6.45, 7) is 0.190. The second kappa shape index (κ2) is 21.0. The first kappa shape index (κ1) is 36.4. The summed E-state index contributed by atoms with van der Waals surface area (Å²) in [6, 6.07) is 7.00. The standard InChI is InChI=1S/C28H40N6O6S3/c29-23(42-27(31)33-25(37)17-19-3-1-5-21(15-19)39-11-9-35)7-13-41-14-8-24(30)43-28(32)34-26(38)18-20-4-2-6-22(16-20)40-12-10-36/h1,3,5-6,15-16,23,30,35-36H,2,4,7-14,17-18,29H2,(H2,31,33,37)(H2,32,34,38). The fourth-order valence-electron chi connectivity index (χ4n) is 3.66. The Kier molecular flexibility index (Phi) is 17.7. The van der Waals surface area contributed by atoms with Gasteiger partial charge in [-0.05, 0) is 72.4 Å². The number of rotatable bonds is 17. The average Bonchev–Trinajstić information content (AvgIpc) is 2.94. The fraction of sp³-hybridized carbons (Fsp3) is 0.464. The monoisotopic (exact) mass is 652 g/mol. The number of hydrogen-bond donors (Lipinski definition) is 7. The second-order valence-electron chi connectivity index (χ2n) is 9.15. The van der Waals surface area contributed by atoms with Crippen LogP contribution in [0.3, 0.4) is 0 Å². The normalized spacial score (nSPS) is 13.9. The van der Waals surface area contributed by atoms with Crippen molar-refractivity contribution in [2.75, 3.05) is 37.9 Å². The summed E-state index contributed by atoms with van der Waals surface area (Å²) < 4.78 is 10.7. The SMILES string of the molecule is N=C(CCSCCC(N)SC(=N)NC(=O)Cc1cccc(OCCO)c1)SC(N)=NC(=O)CC1=CC(OCCO)=CCC1. The number of amides is 2. The molecule has 0 aliphatic heterocycles. The van der Waals surface area contributed by atoms with Crippen LogP contribution >= 0.6 is 35.3 Å². The predicted octanol–water partition coefficient (Wildman–Crippen LogP) is 2.74. The molecule has 2 rings (SSSR count). The van der Waals surface area contributed by atoms with E-state index in [1.54, 1.807) is 42.1 Å². The van der Waals surface area contributed by atoms with E-state index < -0.39 is 0 Å². The second-order valence-corrected chi connectivity index (χ2v) is 12.7. The summed E-state index contributed by atoms with van der Waals surface area (Å²) in [7, 11) is 0. The van der Waals surface area contributed by atoms with E-state index in [0.29, 0.717) is 40.9 Å². The maximum atomic E-state index is 12.3. The van der Waals surface area contributed by atoms with E-state index in [1.165, 1.54) is 0 Å². The maximum Gasteiger partial charge on any atom is 0.252 e. The molecule has 43 heavy (non-hydrogen) atoms. The van der Waals surface area contributed by atoms with Crippen LogP contribution in [-0.2, 0) is 20.7 Å². The van der Waals surface area contributed by atoms with Gasteiger partial charge in [0.1, 0.15) is 24.7 Å². The van der Waals surface area contributed by atoms with Crippen LogP contribution in [0.1, 0.15) is 37.7 Å². The zero-order valence-corrected chi connectivity index (χ0v) is 26.3. The van der Waals surface area contributed by atoms with Gasteiger partial charge >= 0.3 is 0 Å². The number of amidine groups is 2. The number of nitrogens with zero attached hydrogens (tertiary/aromatic N) is 1. The fourth-order valence-corrected chi connectivity index (χ4v) is 6.23. The number of ether oxygens (including phenoxy) is 2. The number of thioether (sulfide) groups is 3. The Hall–Kier alpha value is -2.82. The van der Waals surface area contributed by atoms with E-state index in [1.807, 2.05) is 6.08 Å². The zero-order chi connectivity index (χ0) is 31.5. The molecule has 0 saturated carbocycles. The summed E-state index contributed by atoms with van der Waals surface area (Å²) >= 11 is 3.65. The van der Waals surface area contributed by atoms with Gasteiger partial charge in [0.25, 0.3) is 5.91 Å². The van der Waals surface area contributed by atoms with Gasteiger partial charge in [0, 0.05) is 6.42 Å². The molecule has 0 spiro atoms. The van der Waals surface area contributed by atoms with Crippen LogP contribution in [-0.4, -0.2) is 80.7 Å². The smallest absolute Gasteiger partial charge is 0.252 e. The lowest BCUT2D eigenvalue weighted by molar-refractivity contribution is -0.119. The van der Waals surface area contributed by atoms with E-state index in [0.717, 1.165) is 47.5 Å². The third-order valence-corrected chi connectivity index (χ3v) is 8.17. The van der Waals surface area contributed by atoms with E-state index >= 15 is 0 Å². The zero-order valence-electron chi connectivity index (χ0n) is 23.9. The van der Waals surface area contributed by atoms with Gasteiger partial charge in [-0.15, -0.1) is 0 Å². The number of aliphatic imine (C=N–C) groups is 1. The Morgan fingerprint density at radius 3 is 2.65 bits per heavy atom. The summed E-state index contributed by atoms with van der Waals surface area (Å²) in [5, 5.41) is 36.4. The number of allylic oxidation sites excluding steroid dienone is 2. The van der Waals surface area contributed by atoms with Crippen LogP contribution in [0.2, 0.25) is 0 Å². The summed E-state index contributed by atoms with van der Waals surface area (Å²) in [4.78, 5) is 28.5. The Bertz CT molecular complexity index is 1190. The number of hydrogen-bond acceptors (Lipinski definition) is 12. The highest BCUT2D eigenvalue weighted by Gasteiger charge is 2.13. The molecule has 0 fully saturated rings. The van der Waals surface area contributed by atoms with E-state index in [-0.39, 0.29) is 66.8 Å². The number of aliphatic hydroxyl groups excluding tert-OH is 2. The van der Waals surface area contributed by atoms with Crippen molar-refractivity contribution in [2.45, 2.75) is 43.9 Å². The van der Waals surface area contributed by atoms with Crippen molar-refractivity contribution in [3.05, 3.63) is 53.3 Å². The molecule has 1 unspecified atom stereocenters. The molecular weight excluding hydrogens is 613 g/mol. The summed E-state index contributed by atoms with van der Waals surface area (Å²) in [5.74, 6) is 1.86. The topological polar surface area (TPSA) is 217 Å². The van der Waals surface area contributed by atoms with Gasteiger partial charge in [0.15, 0.2) is 10.3 Å². The van der Waals surface area contributed by atoms with Crippen LogP contribution < -0.4 is 21.5 Å². The van der Waals surface area contributed by atoms with Gasteiger partial charge in [0.2, 0.25) is 5.91 Å². The van der Waals surface area contributed by atoms with Crippen LogP contribution in [0.15, 0.2) is 52.7 Å². The molecule has 0 heterocycles. The molecular formula is C28H40N6O6S3. The van der Waals surface area contributed by atoms with Gasteiger partial charge < -0.3 is 36.5 Å². The molecule has 1 aliphatic carbocycles. The number of benzene rings is 1. The third kappa shape index (κ3) is 16.6. The van der Waals surface area contributed by atoms with Gasteiger partial charge in [0.05, 0.1) is 36.5 Å². The lowest BCUT2D eigenvalue weighted by Crippen LogP contribution is -2.32. The Morgan fingerprint density at radius 1 is 1.12 bits per heavy atom.